The van der Waals surface area contributed by atoms with E-state index in [1.165, 1.54) is 16.7 Å². The number of rotatable bonds is 4. The Labute approximate surface area is 125 Å². The molecule has 1 N–H and O–H groups in total. The summed E-state index contributed by atoms with van der Waals surface area (Å²) in [6.45, 7) is 6.39. The first kappa shape index (κ1) is 14.0. The maximum atomic E-state index is 5.64. The van der Waals surface area contributed by atoms with E-state index < -0.39 is 0 Å². The predicted molar refractivity (Wildman–Crippen MR) is 83.9 cm³/mol. The fraction of sp³-hybridized carbons (Fsp3) is 0.333. The standard InChI is InChI=1S/C18H21NO2/c1-13-3-5-15(6-4-13)12-19-14(2)16-7-8-17-18(11-16)21-10-9-20-17/h3-8,11,14,19H,9-10,12H2,1-2H3. The van der Waals surface area contributed by atoms with E-state index in [-0.39, 0.29) is 6.04 Å². The van der Waals surface area contributed by atoms with Gasteiger partial charge in [-0.3, -0.25) is 0 Å². The Hall–Kier alpha value is -2.00. The van der Waals surface area contributed by atoms with Gasteiger partial charge in [-0.25, -0.2) is 0 Å². The molecule has 3 heteroatoms. The average Bonchev–Trinajstić information content (AvgIpc) is 2.53. The quantitative estimate of drug-likeness (QED) is 0.929. The number of aryl methyl sites for hydroxylation is 1. The molecule has 3 rings (SSSR count). The van der Waals surface area contributed by atoms with Gasteiger partial charge in [-0.05, 0) is 37.1 Å². The van der Waals surface area contributed by atoms with E-state index in [9.17, 15) is 0 Å². The monoisotopic (exact) mass is 283 g/mol. The first-order valence-corrected chi connectivity index (χ1v) is 7.41. The summed E-state index contributed by atoms with van der Waals surface area (Å²) < 4.78 is 11.2. The summed E-state index contributed by atoms with van der Waals surface area (Å²) >= 11 is 0. The summed E-state index contributed by atoms with van der Waals surface area (Å²) in [5, 5.41) is 3.55. The lowest BCUT2D eigenvalue weighted by molar-refractivity contribution is 0.171. The van der Waals surface area contributed by atoms with Gasteiger partial charge in [-0.15, -0.1) is 0 Å². The molecule has 2 aromatic rings. The Bertz CT molecular complexity index is 607. The van der Waals surface area contributed by atoms with Crippen LogP contribution >= 0.6 is 0 Å². The normalized spacial score (nSPS) is 14.8. The van der Waals surface area contributed by atoms with Crippen LogP contribution < -0.4 is 14.8 Å². The number of benzene rings is 2. The second-order valence-electron chi connectivity index (χ2n) is 5.49. The van der Waals surface area contributed by atoms with Gasteiger partial charge in [-0.2, -0.15) is 0 Å². The molecule has 0 radical (unpaired) electrons. The van der Waals surface area contributed by atoms with Crippen LogP contribution in [0.2, 0.25) is 0 Å². The lowest BCUT2D eigenvalue weighted by Crippen LogP contribution is -2.19. The Morgan fingerprint density at radius 1 is 1.00 bits per heavy atom. The first-order valence-electron chi connectivity index (χ1n) is 7.41. The summed E-state index contributed by atoms with van der Waals surface area (Å²) in [6.07, 6.45) is 0. The fourth-order valence-corrected chi connectivity index (χ4v) is 2.42. The summed E-state index contributed by atoms with van der Waals surface area (Å²) in [4.78, 5) is 0. The zero-order valence-electron chi connectivity index (χ0n) is 12.6. The maximum Gasteiger partial charge on any atom is 0.161 e. The van der Waals surface area contributed by atoms with E-state index in [0.717, 1.165) is 18.0 Å². The number of hydrogen-bond acceptors (Lipinski definition) is 3. The van der Waals surface area contributed by atoms with Crippen LogP contribution in [0.1, 0.15) is 29.7 Å². The van der Waals surface area contributed by atoms with Crippen molar-refractivity contribution < 1.29 is 9.47 Å². The summed E-state index contributed by atoms with van der Waals surface area (Å²) in [6, 6.07) is 15.0. The van der Waals surface area contributed by atoms with Gasteiger partial charge in [-0.1, -0.05) is 35.9 Å². The van der Waals surface area contributed by atoms with Crippen LogP contribution in [-0.4, -0.2) is 13.2 Å². The fourth-order valence-electron chi connectivity index (χ4n) is 2.42. The molecule has 1 unspecified atom stereocenters. The van der Waals surface area contributed by atoms with Gasteiger partial charge in [0, 0.05) is 12.6 Å². The Kier molecular flexibility index (Phi) is 4.11. The van der Waals surface area contributed by atoms with Gasteiger partial charge >= 0.3 is 0 Å². The van der Waals surface area contributed by atoms with Crippen molar-refractivity contribution in [2.24, 2.45) is 0 Å². The number of ether oxygens (including phenoxy) is 2. The van der Waals surface area contributed by atoms with Crippen LogP contribution in [0, 0.1) is 6.92 Å². The summed E-state index contributed by atoms with van der Waals surface area (Å²) in [7, 11) is 0. The molecule has 2 aromatic carbocycles. The molecule has 1 aliphatic heterocycles. The van der Waals surface area contributed by atoms with Gasteiger partial charge in [0.25, 0.3) is 0 Å². The van der Waals surface area contributed by atoms with Crippen molar-refractivity contribution in [3.8, 4) is 11.5 Å². The highest BCUT2D eigenvalue weighted by Gasteiger charge is 2.14. The molecule has 0 bridgehead atoms. The largest absolute Gasteiger partial charge is 0.486 e. The molecule has 0 amide bonds. The molecule has 21 heavy (non-hydrogen) atoms. The number of fused-ring (bicyclic) bond motifs is 1. The van der Waals surface area contributed by atoms with Gasteiger partial charge < -0.3 is 14.8 Å². The average molecular weight is 283 g/mol. The molecule has 0 aliphatic carbocycles. The second-order valence-corrected chi connectivity index (χ2v) is 5.49. The van der Waals surface area contributed by atoms with Crippen molar-refractivity contribution in [2.45, 2.75) is 26.4 Å². The van der Waals surface area contributed by atoms with Crippen LogP contribution in [-0.2, 0) is 6.54 Å². The molecule has 0 saturated carbocycles. The molecule has 1 aliphatic rings. The maximum absolute atomic E-state index is 5.64. The molecule has 110 valence electrons. The zero-order valence-corrected chi connectivity index (χ0v) is 12.6. The molecule has 3 nitrogen and oxygen atoms in total. The third-order valence-electron chi connectivity index (χ3n) is 3.80. The minimum atomic E-state index is 0.266. The van der Waals surface area contributed by atoms with Crippen LogP contribution in [0.5, 0.6) is 11.5 Å². The number of hydrogen-bond donors (Lipinski definition) is 1. The van der Waals surface area contributed by atoms with E-state index >= 15 is 0 Å². The van der Waals surface area contributed by atoms with Crippen molar-refractivity contribution in [2.75, 3.05) is 13.2 Å². The minimum Gasteiger partial charge on any atom is -0.486 e. The highest BCUT2D eigenvalue weighted by molar-refractivity contribution is 5.44. The zero-order chi connectivity index (χ0) is 14.7. The third-order valence-corrected chi connectivity index (χ3v) is 3.80. The third kappa shape index (κ3) is 3.37. The molecule has 0 spiro atoms. The van der Waals surface area contributed by atoms with E-state index in [2.05, 4.69) is 55.6 Å². The molecule has 0 aromatic heterocycles. The Balaban J connectivity index is 1.65. The topological polar surface area (TPSA) is 30.5 Å². The van der Waals surface area contributed by atoms with E-state index in [1.807, 2.05) is 6.07 Å². The van der Waals surface area contributed by atoms with Crippen LogP contribution in [0.3, 0.4) is 0 Å². The van der Waals surface area contributed by atoms with Gasteiger partial charge in [0.05, 0.1) is 0 Å². The lowest BCUT2D eigenvalue weighted by atomic mass is 10.1. The van der Waals surface area contributed by atoms with Gasteiger partial charge in [0.1, 0.15) is 13.2 Å². The van der Waals surface area contributed by atoms with E-state index in [1.54, 1.807) is 0 Å². The van der Waals surface area contributed by atoms with Crippen LogP contribution in [0.25, 0.3) is 0 Å². The lowest BCUT2D eigenvalue weighted by Gasteiger charge is -2.21. The summed E-state index contributed by atoms with van der Waals surface area (Å²) in [5.41, 5.74) is 3.80. The Morgan fingerprint density at radius 3 is 2.48 bits per heavy atom. The summed E-state index contributed by atoms with van der Waals surface area (Å²) in [5.74, 6) is 1.69. The number of nitrogens with one attached hydrogen (secondary N) is 1. The van der Waals surface area contributed by atoms with Crippen molar-refractivity contribution >= 4 is 0 Å². The molecular formula is C18H21NO2. The van der Waals surface area contributed by atoms with Crippen LogP contribution in [0.4, 0.5) is 0 Å². The van der Waals surface area contributed by atoms with Gasteiger partial charge in [0.2, 0.25) is 0 Å². The second kappa shape index (κ2) is 6.19. The van der Waals surface area contributed by atoms with Crippen molar-refractivity contribution in [3.63, 3.8) is 0 Å². The van der Waals surface area contributed by atoms with Crippen molar-refractivity contribution in [3.05, 3.63) is 59.2 Å². The van der Waals surface area contributed by atoms with Crippen molar-refractivity contribution in [1.29, 1.82) is 0 Å². The van der Waals surface area contributed by atoms with Crippen molar-refractivity contribution in [1.82, 2.24) is 5.32 Å². The smallest absolute Gasteiger partial charge is 0.161 e. The predicted octanol–water partition coefficient (Wildman–Crippen LogP) is 3.62. The van der Waals surface area contributed by atoms with E-state index in [0.29, 0.717) is 13.2 Å². The SMILES string of the molecule is Cc1ccc(CNC(C)c2ccc3c(c2)OCCO3)cc1. The minimum absolute atomic E-state index is 0.266. The highest BCUT2D eigenvalue weighted by Crippen LogP contribution is 2.32. The van der Waals surface area contributed by atoms with E-state index in [4.69, 9.17) is 9.47 Å². The Morgan fingerprint density at radius 2 is 1.71 bits per heavy atom. The molecule has 1 heterocycles. The first-order chi connectivity index (χ1) is 10.2. The molecule has 0 fully saturated rings. The molecular weight excluding hydrogens is 262 g/mol. The molecule has 0 saturated heterocycles. The molecule has 1 atom stereocenters. The highest BCUT2D eigenvalue weighted by atomic mass is 16.6. The van der Waals surface area contributed by atoms with Crippen LogP contribution in [0.15, 0.2) is 42.5 Å². The van der Waals surface area contributed by atoms with Gasteiger partial charge in [0.15, 0.2) is 11.5 Å².